The van der Waals surface area contributed by atoms with Crippen LogP contribution in [0.25, 0.3) is 0 Å². The molecule has 14 nitrogen and oxygen atoms in total. The van der Waals surface area contributed by atoms with Crippen molar-refractivity contribution >= 4 is 23.8 Å². The molecular formula is C36H51N7O7. The van der Waals surface area contributed by atoms with Crippen molar-refractivity contribution in [2.45, 2.75) is 96.7 Å². The molecule has 0 saturated heterocycles. The number of benzene rings is 1. The van der Waals surface area contributed by atoms with E-state index in [9.17, 15) is 29.4 Å². The molecule has 50 heavy (non-hydrogen) atoms. The lowest BCUT2D eigenvalue weighted by Gasteiger charge is -2.29. The Bertz CT molecular complexity index is 1460. The van der Waals surface area contributed by atoms with Gasteiger partial charge in [-0.2, -0.15) is 0 Å². The van der Waals surface area contributed by atoms with Crippen LogP contribution in [0.1, 0.15) is 63.9 Å². The molecule has 2 aromatic heterocycles. The van der Waals surface area contributed by atoms with Gasteiger partial charge in [0.05, 0.1) is 43.2 Å². The van der Waals surface area contributed by atoms with Crippen molar-refractivity contribution in [2.24, 2.45) is 11.8 Å². The summed E-state index contributed by atoms with van der Waals surface area (Å²) in [6.45, 7) is 7.46. The molecule has 6 atom stereocenters. The summed E-state index contributed by atoms with van der Waals surface area (Å²) in [7, 11) is 0. The minimum atomic E-state index is -1.25. The molecule has 0 saturated carbocycles. The maximum atomic E-state index is 13.9. The van der Waals surface area contributed by atoms with Crippen molar-refractivity contribution in [3.05, 3.63) is 84.2 Å². The third-order valence-electron chi connectivity index (χ3n) is 8.35. The smallest absolute Gasteiger partial charge is 0.408 e. The number of rotatable bonds is 20. The Morgan fingerprint density at radius 1 is 0.840 bits per heavy atom. The molecule has 0 aliphatic carbocycles. The number of ether oxygens (including phenoxy) is 1. The highest BCUT2D eigenvalue weighted by atomic mass is 16.5. The quantitative estimate of drug-likeness (QED) is 0.0924. The highest BCUT2D eigenvalue weighted by Gasteiger charge is 2.32. The van der Waals surface area contributed by atoms with E-state index < -0.39 is 54.1 Å². The monoisotopic (exact) mass is 693 g/mol. The number of aliphatic hydroxyl groups is 2. The van der Waals surface area contributed by atoms with E-state index in [0.717, 1.165) is 12.0 Å². The molecule has 2 heterocycles. The van der Waals surface area contributed by atoms with Crippen LogP contribution in [-0.2, 0) is 38.6 Å². The maximum absolute atomic E-state index is 13.9. The van der Waals surface area contributed by atoms with Crippen molar-refractivity contribution < 1.29 is 34.1 Å². The van der Waals surface area contributed by atoms with Gasteiger partial charge in [0.25, 0.3) is 0 Å². The molecule has 4 amide bonds. The van der Waals surface area contributed by atoms with Gasteiger partial charge >= 0.3 is 6.09 Å². The second kappa shape index (κ2) is 20.6. The zero-order chi connectivity index (χ0) is 36.5. The largest absolute Gasteiger partial charge is 0.445 e. The second-order valence-electron chi connectivity index (χ2n) is 12.9. The van der Waals surface area contributed by atoms with E-state index in [-0.39, 0.29) is 44.3 Å². The van der Waals surface area contributed by atoms with Gasteiger partial charge in [-0.15, -0.1) is 0 Å². The standard InChI is InChI=1S/C36H51N7O7/c1-5-24(4)31(20-44)40-33(46)18-32(45)28(15-23(2)3)41-34(47)29(17-27-19-37-22-39-27)42-35(48)30(16-26-13-9-10-14-38-26)43-36(49)50-21-25-11-7-6-8-12-25/h6-14,19,22-24,28-32,44-45H,5,15-18,20-21H2,1-4H3,(H,37,39)(H,40,46)(H,41,47)(H,42,48)(H,43,49)/t24?,28?,29-,30-,31+,32?/m0/s1. The van der Waals surface area contributed by atoms with Gasteiger partial charge in [0, 0.05) is 30.9 Å². The van der Waals surface area contributed by atoms with Crippen LogP contribution in [0.4, 0.5) is 4.79 Å². The molecule has 0 aliphatic heterocycles. The molecule has 0 fully saturated rings. The number of aliphatic hydroxyl groups excluding tert-OH is 2. The number of pyridine rings is 1. The normalized spacial score (nSPS) is 14.8. The van der Waals surface area contributed by atoms with E-state index in [1.165, 1.54) is 6.33 Å². The molecular weight excluding hydrogens is 642 g/mol. The number of nitrogens with zero attached hydrogens (tertiary/aromatic N) is 2. The van der Waals surface area contributed by atoms with Crippen LogP contribution in [0.3, 0.4) is 0 Å². The van der Waals surface area contributed by atoms with Crippen molar-refractivity contribution in [2.75, 3.05) is 6.61 Å². The maximum Gasteiger partial charge on any atom is 0.408 e. The highest BCUT2D eigenvalue weighted by molar-refractivity contribution is 5.91. The minimum Gasteiger partial charge on any atom is -0.445 e. The van der Waals surface area contributed by atoms with Crippen LogP contribution < -0.4 is 21.3 Å². The van der Waals surface area contributed by atoms with Crippen LogP contribution in [0.5, 0.6) is 0 Å². The summed E-state index contributed by atoms with van der Waals surface area (Å²) < 4.78 is 5.36. The molecule has 3 rings (SSSR count). The SMILES string of the molecule is CCC(C)[C@@H](CO)NC(=O)CC(O)C(CC(C)C)NC(=O)[C@H](Cc1c[nH]cn1)NC(=O)[C@H](Cc1ccccn1)NC(=O)OCc1ccccc1. The number of nitrogens with one attached hydrogen (secondary N) is 5. The van der Waals surface area contributed by atoms with Gasteiger partial charge in [-0.1, -0.05) is 70.5 Å². The van der Waals surface area contributed by atoms with E-state index in [4.69, 9.17) is 4.74 Å². The molecule has 1 aromatic carbocycles. The van der Waals surface area contributed by atoms with Crippen LogP contribution in [0.2, 0.25) is 0 Å². The predicted octanol–water partition coefficient (Wildman–Crippen LogP) is 2.17. The average molecular weight is 694 g/mol. The summed E-state index contributed by atoms with van der Waals surface area (Å²) >= 11 is 0. The van der Waals surface area contributed by atoms with E-state index in [1.807, 2.05) is 45.9 Å². The van der Waals surface area contributed by atoms with E-state index >= 15 is 0 Å². The summed E-state index contributed by atoms with van der Waals surface area (Å²) in [6, 6.07) is 10.7. The van der Waals surface area contributed by atoms with Crippen LogP contribution in [0, 0.1) is 11.8 Å². The minimum absolute atomic E-state index is 0.00605. The molecule has 272 valence electrons. The lowest BCUT2D eigenvalue weighted by atomic mass is 9.95. The average Bonchev–Trinajstić information content (AvgIpc) is 3.62. The Morgan fingerprint density at radius 2 is 1.52 bits per heavy atom. The van der Waals surface area contributed by atoms with Gasteiger partial charge in [-0.25, -0.2) is 9.78 Å². The van der Waals surface area contributed by atoms with Crippen molar-refractivity contribution in [3.63, 3.8) is 0 Å². The third-order valence-corrected chi connectivity index (χ3v) is 8.35. The Balaban J connectivity index is 1.77. The number of hydrogen-bond donors (Lipinski definition) is 7. The van der Waals surface area contributed by atoms with E-state index in [1.54, 1.807) is 42.7 Å². The molecule has 7 N–H and O–H groups in total. The Labute approximate surface area is 293 Å². The third kappa shape index (κ3) is 13.6. The summed E-state index contributed by atoms with van der Waals surface area (Å²) in [5.41, 5.74) is 1.78. The summed E-state index contributed by atoms with van der Waals surface area (Å²) in [4.78, 5) is 64.7. The number of aromatic amines is 1. The van der Waals surface area contributed by atoms with Gasteiger partial charge in [0.2, 0.25) is 17.7 Å². The number of alkyl carbamates (subject to hydrolysis) is 1. The van der Waals surface area contributed by atoms with Crippen molar-refractivity contribution in [1.82, 2.24) is 36.2 Å². The Kier molecular flexibility index (Phi) is 16.4. The highest BCUT2D eigenvalue weighted by Crippen LogP contribution is 2.14. The van der Waals surface area contributed by atoms with Crippen LogP contribution in [-0.4, -0.2) is 85.9 Å². The molecule has 0 spiro atoms. The van der Waals surface area contributed by atoms with Crippen molar-refractivity contribution in [3.8, 4) is 0 Å². The van der Waals surface area contributed by atoms with E-state index in [0.29, 0.717) is 17.8 Å². The first-order valence-electron chi connectivity index (χ1n) is 17.0. The summed E-state index contributed by atoms with van der Waals surface area (Å²) in [6.07, 6.45) is 3.33. The summed E-state index contributed by atoms with van der Waals surface area (Å²) in [5, 5.41) is 31.9. The lowest BCUT2D eigenvalue weighted by molar-refractivity contribution is -0.131. The zero-order valence-corrected chi connectivity index (χ0v) is 29.2. The molecule has 0 radical (unpaired) electrons. The van der Waals surface area contributed by atoms with Gasteiger partial charge < -0.3 is 41.2 Å². The fourth-order valence-electron chi connectivity index (χ4n) is 5.29. The molecule has 3 unspecified atom stereocenters. The second-order valence-corrected chi connectivity index (χ2v) is 12.9. The molecule has 3 aromatic rings. The summed E-state index contributed by atoms with van der Waals surface area (Å²) in [5.74, 6) is -1.66. The first kappa shape index (κ1) is 39.6. The zero-order valence-electron chi connectivity index (χ0n) is 29.2. The molecule has 0 bridgehead atoms. The van der Waals surface area contributed by atoms with Gasteiger partial charge in [0.15, 0.2) is 0 Å². The number of hydrogen-bond acceptors (Lipinski definition) is 9. The fourth-order valence-corrected chi connectivity index (χ4v) is 5.29. The number of carbonyl (C=O) groups is 4. The van der Waals surface area contributed by atoms with Crippen molar-refractivity contribution in [1.29, 1.82) is 0 Å². The number of amides is 4. The number of H-pyrrole nitrogens is 1. The Hall–Kier alpha value is -4.82. The number of carbonyl (C=O) groups excluding carboxylic acids is 4. The van der Waals surface area contributed by atoms with Gasteiger partial charge in [0.1, 0.15) is 18.7 Å². The first-order valence-corrected chi connectivity index (χ1v) is 17.0. The Morgan fingerprint density at radius 3 is 2.14 bits per heavy atom. The van der Waals surface area contributed by atoms with Gasteiger partial charge in [-0.05, 0) is 36.0 Å². The lowest BCUT2D eigenvalue weighted by Crippen LogP contribution is -2.57. The van der Waals surface area contributed by atoms with Crippen LogP contribution >= 0.6 is 0 Å². The van der Waals surface area contributed by atoms with Gasteiger partial charge in [-0.3, -0.25) is 19.4 Å². The number of imidazole rings is 1. The molecule has 14 heteroatoms. The number of aromatic nitrogens is 3. The molecule has 0 aliphatic rings. The first-order chi connectivity index (χ1) is 24.0. The predicted molar refractivity (Wildman–Crippen MR) is 186 cm³/mol. The van der Waals surface area contributed by atoms with Crippen LogP contribution in [0.15, 0.2) is 67.3 Å². The van der Waals surface area contributed by atoms with E-state index in [2.05, 4.69) is 36.2 Å². The fraction of sp³-hybridized carbons (Fsp3) is 0.500. The topological polar surface area (TPSA) is 208 Å².